The Hall–Kier alpha value is 0.700. The van der Waals surface area contributed by atoms with Gasteiger partial charge in [-0.1, -0.05) is 21.6 Å². The van der Waals surface area contributed by atoms with Crippen molar-refractivity contribution in [3.8, 4) is 0 Å². The highest BCUT2D eigenvalue weighted by atomic mass is 33.1. The van der Waals surface area contributed by atoms with Gasteiger partial charge in [0.15, 0.2) is 0 Å². The number of rotatable bonds is 0. The first kappa shape index (κ1) is 6.41. The molecular weight excluding hydrogens is 148 g/mol. The molecule has 1 spiro atoms. The van der Waals surface area contributed by atoms with E-state index in [2.05, 4.69) is 35.4 Å². The first-order valence-electron chi connectivity index (χ1n) is 3.47. The number of hydrogen-bond donors (Lipinski definition) is 0. The molecule has 1 saturated carbocycles. The zero-order valence-corrected chi connectivity index (χ0v) is 7.57. The summed E-state index contributed by atoms with van der Waals surface area (Å²) < 4.78 is 0.581. The summed E-state index contributed by atoms with van der Waals surface area (Å²) in [6.45, 7) is 4.79. The fourth-order valence-electron chi connectivity index (χ4n) is 1.45. The third-order valence-corrected chi connectivity index (χ3v) is 6.33. The largest absolute Gasteiger partial charge is 0.0930 e. The van der Waals surface area contributed by atoms with E-state index >= 15 is 0 Å². The van der Waals surface area contributed by atoms with Crippen LogP contribution in [0.2, 0.25) is 0 Å². The van der Waals surface area contributed by atoms with Crippen LogP contribution in [0, 0.1) is 5.41 Å². The molecule has 0 unspecified atom stereocenters. The third-order valence-electron chi connectivity index (χ3n) is 2.73. The Labute approximate surface area is 64.6 Å². The molecule has 0 bridgehead atoms. The monoisotopic (exact) mass is 160 g/mol. The minimum atomic E-state index is 0.581. The normalized spacial score (nSPS) is 35.3. The first-order chi connectivity index (χ1) is 4.16. The highest BCUT2D eigenvalue weighted by Crippen LogP contribution is 2.69. The Bertz CT molecular complexity index is 132. The van der Waals surface area contributed by atoms with E-state index in [9.17, 15) is 0 Å². The van der Waals surface area contributed by atoms with E-state index in [1.165, 1.54) is 18.6 Å². The van der Waals surface area contributed by atoms with Gasteiger partial charge in [0.05, 0.1) is 0 Å². The molecule has 0 aromatic carbocycles. The fourth-order valence-corrected chi connectivity index (χ4v) is 5.49. The molecule has 2 fully saturated rings. The van der Waals surface area contributed by atoms with Crippen LogP contribution in [0.1, 0.15) is 26.7 Å². The fraction of sp³-hybridized carbons (Fsp3) is 1.00. The van der Waals surface area contributed by atoms with Gasteiger partial charge in [-0.3, -0.25) is 0 Å². The minimum Gasteiger partial charge on any atom is -0.0930 e. The van der Waals surface area contributed by atoms with Crippen molar-refractivity contribution in [2.24, 2.45) is 5.41 Å². The van der Waals surface area contributed by atoms with Crippen LogP contribution < -0.4 is 0 Å². The maximum absolute atomic E-state index is 2.39. The van der Waals surface area contributed by atoms with Crippen molar-refractivity contribution in [1.82, 2.24) is 0 Å². The second-order valence-corrected chi connectivity index (χ2v) is 6.55. The van der Waals surface area contributed by atoms with Crippen LogP contribution in [0.5, 0.6) is 0 Å². The summed E-state index contributed by atoms with van der Waals surface area (Å²) in [5.41, 5.74) is 0.766. The molecular formula is C7H12S2. The van der Waals surface area contributed by atoms with Crippen LogP contribution in [0.15, 0.2) is 0 Å². The smallest absolute Gasteiger partial charge is 0.0271 e. The molecule has 52 valence electrons. The van der Waals surface area contributed by atoms with Crippen molar-refractivity contribution < 1.29 is 0 Å². The molecule has 2 aliphatic rings. The molecule has 2 rings (SSSR count). The maximum Gasteiger partial charge on any atom is 0.0271 e. The first-order valence-corrected chi connectivity index (χ1v) is 5.79. The Kier molecular flexibility index (Phi) is 1.17. The average Bonchev–Trinajstić information content (AvgIpc) is 2.41. The maximum atomic E-state index is 2.39. The van der Waals surface area contributed by atoms with Gasteiger partial charge in [0.2, 0.25) is 0 Å². The van der Waals surface area contributed by atoms with Gasteiger partial charge in [-0.25, -0.2) is 0 Å². The van der Waals surface area contributed by atoms with Crippen LogP contribution in [-0.4, -0.2) is 10.5 Å². The lowest BCUT2D eigenvalue weighted by Crippen LogP contribution is -2.25. The molecule has 9 heavy (non-hydrogen) atoms. The van der Waals surface area contributed by atoms with Gasteiger partial charge in [-0.05, 0) is 32.1 Å². The summed E-state index contributed by atoms with van der Waals surface area (Å²) in [7, 11) is 4.15. The van der Waals surface area contributed by atoms with E-state index in [1.807, 2.05) is 0 Å². The second kappa shape index (κ2) is 1.65. The molecule has 1 saturated heterocycles. The summed E-state index contributed by atoms with van der Waals surface area (Å²) in [4.78, 5) is 0. The molecule has 2 heteroatoms. The molecule has 1 heterocycles. The van der Waals surface area contributed by atoms with Gasteiger partial charge in [-0.2, -0.15) is 0 Å². The van der Waals surface area contributed by atoms with Crippen molar-refractivity contribution in [2.75, 3.05) is 5.75 Å². The zero-order valence-electron chi connectivity index (χ0n) is 5.94. The lowest BCUT2D eigenvalue weighted by Gasteiger charge is -2.23. The van der Waals surface area contributed by atoms with Gasteiger partial charge in [0, 0.05) is 10.5 Å². The van der Waals surface area contributed by atoms with Crippen LogP contribution in [0.4, 0.5) is 0 Å². The molecule has 1 aliphatic heterocycles. The molecule has 0 aromatic heterocycles. The Morgan fingerprint density at radius 1 is 1.22 bits per heavy atom. The summed E-state index contributed by atoms with van der Waals surface area (Å²) in [6.07, 6.45) is 2.97. The van der Waals surface area contributed by atoms with E-state index in [0.29, 0.717) is 4.75 Å². The molecule has 0 amide bonds. The van der Waals surface area contributed by atoms with Crippen molar-refractivity contribution in [3.05, 3.63) is 0 Å². The molecule has 0 nitrogen and oxygen atoms in total. The van der Waals surface area contributed by atoms with Crippen molar-refractivity contribution >= 4 is 21.6 Å². The standard InChI is InChI=1S/C7H12S2/c1-6(2)7(3-4-7)5-8-9-6/h3-5H2,1-2H3. The van der Waals surface area contributed by atoms with Gasteiger partial charge < -0.3 is 0 Å². The van der Waals surface area contributed by atoms with Gasteiger partial charge in [0.25, 0.3) is 0 Å². The highest BCUT2D eigenvalue weighted by molar-refractivity contribution is 8.77. The average molecular weight is 160 g/mol. The van der Waals surface area contributed by atoms with Gasteiger partial charge in [-0.15, -0.1) is 0 Å². The van der Waals surface area contributed by atoms with E-state index in [-0.39, 0.29) is 0 Å². The van der Waals surface area contributed by atoms with Crippen LogP contribution in [0.25, 0.3) is 0 Å². The van der Waals surface area contributed by atoms with E-state index in [1.54, 1.807) is 0 Å². The summed E-state index contributed by atoms with van der Waals surface area (Å²) in [5.74, 6) is 1.41. The van der Waals surface area contributed by atoms with Crippen molar-refractivity contribution in [1.29, 1.82) is 0 Å². The van der Waals surface area contributed by atoms with E-state index in [0.717, 1.165) is 5.41 Å². The van der Waals surface area contributed by atoms with Crippen molar-refractivity contribution in [2.45, 2.75) is 31.4 Å². The van der Waals surface area contributed by atoms with E-state index < -0.39 is 0 Å². The minimum absolute atomic E-state index is 0.581. The number of hydrogen-bond acceptors (Lipinski definition) is 2. The van der Waals surface area contributed by atoms with Crippen molar-refractivity contribution in [3.63, 3.8) is 0 Å². The Morgan fingerprint density at radius 3 is 2.11 bits per heavy atom. The molecule has 0 radical (unpaired) electrons. The Balaban J connectivity index is 2.23. The van der Waals surface area contributed by atoms with Crippen LogP contribution in [-0.2, 0) is 0 Å². The predicted molar refractivity (Wildman–Crippen MR) is 45.8 cm³/mol. The molecule has 0 N–H and O–H groups in total. The zero-order chi connectivity index (χ0) is 6.54. The van der Waals surface area contributed by atoms with E-state index in [4.69, 9.17) is 0 Å². The lowest BCUT2D eigenvalue weighted by molar-refractivity contribution is 0.460. The molecule has 1 aliphatic carbocycles. The quantitative estimate of drug-likeness (QED) is 0.500. The highest BCUT2D eigenvalue weighted by Gasteiger charge is 2.58. The summed E-state index contributed by atoms with van der Waals surface area (Å²) in [5, 5.41) is 0. The SMILES string of the molecule is CC1(C)SSCC12CC2. The van der Waals surface area contributed by atoms with Crippen LogP contribution in [0.3, 0.4) is 0 Å². The second-order valence-electron chi connectivity index (χ2n) is 3.64. The van der Waals surface area contributed by atoms with Gasteiger partial charge >= 0.3 is 0 Å². The topological polar surface area (TPSA) is 0 Å². The summed E-state index contributed by atoms with van der Waals surface area (Å²) >= 11 is 0. The molecule has 0 atom stereocenters. The predicted octanol–water partition coefficient (Wildman–Crippen LogP) is 2.94. The Morgan fingerprint density at radius 2 is 1.89 bits per heavy atom. The van der Waals surface area contributed by atoms with Crippen LogP contribution >= 0.6 is 21.6 Å². The lowest BCUT2D eigenvalue weighted by atomic mass is 9.94. The molecule has 0 aromatic rings. The summed E-state index contributed by atoms with van der Waals surface area (Å²) in [6, 6.07) is 0. The third kappa shape index (κ3) is 0.758. The van der Waals surface area contributed by atoms with Gasteiger partial charge in [0.1, 0.15) is 0 Å².